The molecule has 26 heavy (non-hydrogen) atoms. The summed E-state index contributed by atoms with van der Waals surface area (Å²) in [5.41, 5.74) is 1.15. The average Bonchev–Trinajstić information content (AvgIpc) is 2.65. The number of nitrogens with one attached hydrogen (secondary N) is 1. The molecule has 1 amide bonds. The Balaban J connectivity index is 2.04. The molecule has 0 atom stereocenters. The molecule has 0 saturated heterocycles. The smallest absolute Gasteiger partial charge is 0.255 e. The van der Waals surface area contributed by atoms with E-state index < -0.39 is 0 Å². The van der Waals surface area contributed by atoms with Crippen molar-refractivity contribution in [1.82, 2.24) is 0 Å². The van der Waals surface area contributed by atoms with Crippen molar-refractivity contribution >= 4 is 27.5 Å². The molecule has 0 fully saturated rings. The number of carbonyl (C=O) groups is 1. The van der Waals surface area contributed by atoms with Gasteiger partial charge < -0.3 is 19.5 Å². The normalized spacial score (nSPS) is 10.4. The summed E-state index contributed by atoms with van der Waals surface area (Å²) in [6.45, 7) is 6.19. The molecule has 0 aliphatic heterocycles. The van der Waals surface area contributed by atoms with Crippen molar-refractivity contribution in [3.8, 4) is 11.5 Å². The molecule has 140 valence electrons. The van der Waals surface area contributed by atoms with Crippen LogP contribution in [0.4, 0.5) is 5.69 Å². The number of hydrogen-bond donors (Lipinski definition) is 1. The number of carbonyl (C=O) groups excluding carboxylic acids is 1. The highest BCUT2D eigenvalue weighted by Crippen LogP contribution is 2.28. The predicted octanol–water partition coefficient (Wildman–Crippen LogP) is 4.91. The third kappa shape index (κ3) is 6.04. The predicted molar refractivity (Wildman–Crippen MR) is 106 cm³/mol. The van der Waals surface area contributed by atoms with Gasteiger partial charge in [0, 0.05) is 12.2 Å². The van der Waals surface area contributed by atoms with E-state index >= 15 is 0 Å². The van der Waals surface area contributed by atoms with Crippen molar-refractivity contribution in [2.24, 2.45) is 0 Å². The van der Waals surface area contributed by atoms with Crippen molar-refractivity contribution in [1.29, 1.82) is 0 Å². The number of rotatable bonds is 10. The number of hydrogen-bond acceptors (Lipinski definition) is 4. The topological polar surface area (TPSA) is 56.8 Å². The Morgan fingerprint density at radius 1 is 1.00 bits per heavy atom. The van der Waals surface area contributed by atoms with Crippen LogP contribution in [0.5, 0.6) is 11.5 Å². The minimum atomic E-state index is -0.214. The van der Waals surface area contributed by atoms with Crippen molar-refractivity contribution < 1.29 is 19.0 Å². The van der Waals surface area contributed by atoms with E-state index in [1.54, 1.807) is 18.2 Å². The molecule has 2 rings (SSSR count). The molecular weight excluding hydrogens is 398 g/mol. The summed E-state index contributed by atoms with van der Waals surface area (Å²) in [5, 5.41) is 2.89. The van der Waals surface area contributed by atoms with E-state index in [9.17, 15) is 4.79 Å². The quantitative estimate of drug-likeness (QED) is 0.553. The largest absolute Gasteiger partial charge is 0.492 e. The molecule has 2 aromatic carbocycles. The van der Waals surface area contributed by atoms with Gasteiger partial charge in [-0.05, 0) is 59.6 Å². The molecule has 1 N–H and O–H groups in total. The van der Waals surface area contributed by atoms with Crippen molar-refractivity contribution in [2.45, 2.75) is 20.3 Å². The first-order chi connectivity index (χ1) is 12.7. The summed E-state index contributed by atoms with van der Waals surface area (Å²) in [4.78, 5) is 12.6. The van der Waals surface area contributed by atoms with Crippen LogP contribution in [0.1, 0.15) is 30.6 Å². The van der Waals surface area contributed by atoms with Crippen LogP contribution in [-0.4, -0.2) is 32.3 Å². The van der Waals surface area contributed by atoms with Gasteiger partial charge in [-0.3, -0.25) is 4.79 Å². The third-order valence-electron chi connectivity index (χ3n) is 3.48. The van der Waals surface area contributed by atoms with E-state index in [1.165, 1.54) is 0 Å². The molecule has 0 aliphatic rings. The lowest BCUT2D eigenvalue weighted by Gasteiger charge is -2.13. The maximum absolute atomic E-state index is 12.6. The highest BCUT2D eigenvalue weighted by Gasteiger charge is 2.12. The molecule has 0 bridgehead atoms. The lowest BCUT2D eigenvalue weighted by molar-refractivity contribution is 0.102. The van der Waals surface area contributed by atoms with Crippen molar-refractivity contribution in [3.63, 3.8) is 0 Å². The summed E-state index contributed by atoms with van der Waals surface area (Å²) in [5.74, 6) is 1.12. The minimum absolute atomic E-state index is 0.214. The number of halogens is 1. The second-order valence-electron chi connectivity index (χ2n) is 5.49. The van der Waals surface area contributed by atoms with Gasteiger partial charge in [-0.1, -0.05) is 19.1 Å². The number of benzene rings is 2. The summed E-state index contributed by atoms with van der Waals surface area (Å²) < 4.78 is 17.3. The van der Waals surface area contributed by atoms with Crippen LogP contribution in [0.2, 0.25) is 0 Å². The van der Waals surface area contributed by atoms with Gasteiger partial charge in [-0.2, -0.15) is 0 Å². The summed E-state index contributed by atoms with van der Waals surface area (Å²) in [6, 6.07) is 12.6. The Morgan fingerprint density at radius 3 is 2.50 bits per heavy atom. The van der Waals surface area contributed by atoms with E-state index in [4.69, 9.17) is 14.2 Å². The second kappa shape index (κ2) is 10.8. The molecule has 5 nitrogen and oxygen atoms in total. The molecule has 0 unspecified atom stereocenters. The molecule has 0 aromatic heterocycles. The van der Waals surface area contributed by atoms with E-state index in [0.29, 0.717) is 43.4 Å². The Hall–Kier alpha value is -2.05. The third-order valence-corrected chi connectivity index (χ3v) is 4.10. The van der Waals surface area contributed by atoms with E-state index in [2.05, 4.69) is 21.2 Å². The number of para-hydroxylation sites is 2. The van der Waals surface area contributed by atoms with Gasteiger partial charge >= 0.3 is 0 Å². The van der Waals surface area contributed by atoms with Gasteiger partial charge in [0.25, 0.3) is 5.91 Å². The van der Waals surface area contributed by atoms with Gasteiger partial charge in [-0.15, -0.1) is 0 Å². The monoisotopic (exact) mass is 421 g/mol. The van der Waals surface area contributed by atoms with Crippen LogP contribution >= 0.6 is 15.9 Å². The molecule has 6 heteroatoms. The molecule has 0 radical (unpaired) electrons. The summed E-state index contributed by atoms with van der Waals surface area (Å²) in [6.07, 6.45) is 0.925. The fourth-order valence-electron chi connectivity index (χ4n) is 2.22. The maximum Gasteiger partial charge on any atom is 0.255 e. The first-order valence-electron chi connectivity index (χ1n) is 8.69. The minimum Gasteiger partial charge on any atom is -0.492 e. The van der Waals surface area contributed by atoms with Gasteiger partial charge in [0.1, 0.15) is 18.1 Å². The Kier molecular flexibility index (Phi) is 8.44. The van der Waals surface area contributed by atoms with Crippen LogP contribution in [0.3, 0.4) is 0 Å². The molecule has 0 spiro atoms. The lowest BCUT2D eigenvalue weighted by Crippen LogP contribution is -2.14. The van der Waals surface area contributed by atoms with Gasteiger partial charge in [0.2, 0.25) is 0 Å². The number of anilines is 1. The van der Waals surface area contributed by atoms with Gasteiger partial charge in [-0.25, -0.2) is 0 Å². The SMILES string of the molecule is CCCOc1ccc(C(=O)Nc2ccccc2OCCOCC)cc1Br. The number of ether oxygens (including phenoxy) is 3. The molecule has 0 saturated carbocycles. The second-order valence-corrected chi connectivity index (χ2v) is 6.34. The average molecular weight is 422 g/mol. The Bertz CT molecular complexity index is 721. The molecule has 2 aromatic rings. The molecule has 0 aliphatic carbocycles. The Labute approximate surface area is 162 Å². The highest BCUT2D eigenvalue weighted by atomic mass is 79.9. The van der Waals surface area contributed by atoms with Gasteiger partial charge in [0.05, 0.1) is 23.4 Å². The van der Waals surface area contributed by atoms with Crippen LogP contribution in [0.15, 0.2) is 46.9 Å². The van der Waals surface area contributed by atoms with Crippen LogP contribution < -0.4 is 14.8 Å². The van der Waals surface area contributed by atoms with Crippen LogP contribution in [-0.2, 0) is 4.74 Å². The summed E-state index contributed by atoms with van der Waals surface area (Å²) in [7, 11) is 0. The first kappa shape index (κ1) is 20.3. The van der Waals surface area contributed by atoms with Crippen molar-refractivity contribution in [3.05, 3.63) is 52.5 Å². The van der Waals surface area contributed by atoms with Crippen LogP contribution in [0.25, 0.3) is 0 Å². The highest BCUT2D eigenvalue weighted by molar-refractivity contribution is 9.10. The van der Waals surface area contributed by atoms with E-state index in [0.717, 1.165) is 16.6 Å². The maximum atomic E-state index is 12.6. The zero-order chi connectivity index (χ0) is 18.8. The Morgan fingerprint density at radius 2 is 1.77 bits per heavy atom. The summed E-state index contributed by atoms with van der Waals surface area (Å²) >= 11 is 3.45. The van der Waals surface area contributed by atoms with Gasteiger partial charge in [0.15, 0.2) is 0 Å². The molecular formula is C20H24BrNO4. The lowest BCUT2D eigenvalue weighted by atomic mass is 10.2. The fraction of sp³-hybridized carbons (Fsp3) is 0.350. The first-order valence-corrected chi connectivity index (χ1v) is 9.48. The molecule has 0 heterocycles. The standard InChI is InChI=1S/C20H24BrNO4/c1-3-11-25-18-10-9-15(14-16(18)21)20(23)22-17-7-5-6-8-19(17)26-13-12-24-4-2/h5-10,14H,3-4,11-13H2,1-2H3,(H,22,23). The zero-order valence-corrected chi connectivity index (χ0v) is 16.7. The zero-order valence-electron chi connectivity index (χ0n) is 15.1. The number of amides is 1. The van der Waals surface area contributed by atoms with E-state index in [-0.39, 0.29) is 5.91 Å². The van der Waals surface area contributed by atoms with Crippen LogP contribution in [0, 0.1) is 0 Å². The van der Waals surface area contributed by atoms with Crippen molar-refractivity contribution in [2.75, 3.05) is 31.7 Å². The fourth-order valence-corrected chi connectivity index (χ4v) is 2.71. The van der Waals surface area contributed by atoms with E-state index in [1.807, 2.05) is 38.1 Å².